The fourth-order valence-electron chi connectivity index (χ4n) is 1.92. The third-order valence-electron chi connectivity index (χ3n) is 2.88. The van der Waals surface area contributed by atoms with Gasteiger partial charge in [-0.15, -0.1) is 0 Å². The van der Waals surface area contributed by atoms with Gasteiger partial charge in [-0.2, -0.15) is 17.0 Å². The van der Waals surface area contributed by atoms with Crippen molar-refractivity contribution in [3.8, 4) is 6.07 Å². The molecule has 1 aromatic carbocycles. The Bertz CT molecular complexity index is 380. The molecule has 1 aliphatic rings. The molecule has 0 aromatic heterocycles. The zero-order valence-electron chi connectivity index (χ0n) is 9.44. The van der Waals surface area contributed by atoms with Crippen molar-refractivity contribution in [2.45, 2.75) is 31.2 Å². The highest BCUT2D eigenvalue weighted by Gasteiger charge is 2.20. The summed E-state index contributed by atoms with van der Waals surface area (Å²) in [5.74, 6) is 1.22. The molecule has 0 saturated carbocycles. The van der Waals surface area contributed by atoms with Crippen LogP contribution in [-0.4, -0.2) is 17.0 Å². The Balaban J connectivity index is 1.83. The van der Waals surface area contributed by atoms with Crippen molar-refractivity contribution in [3.63, 3.8) is 0 Å². The molecule has 16 heavy (non-hydrogen) atoms. The van der Waals surface area contributed by atoms with Gasteiger partial charge < -0.3 is 5.32 Å². The van der Waals surface area contributed by atoms with Gasteiger partial charge >= 0.3 is 0 Å². The maximum Gasteiger partial charge on any atom is 0.0991 e. The van der Waals surface area contributed by atoms with Gasteiger partial charge in [-0.1, -0.05) is 19.1 Å². The van der Waals surface area contributed by atoms with E-state index >= 15 is 0 Å². The highest BCUT2D eigenvalue weighted by molar-refractivity contribution is 8.00. The lowest BCUT2D eigenvalue weighted by Gasteiger charge is -2.11. The van der Waals surface area contributed by atoms with Gasteiger partial charge in [-0.3, -0.25) is 0 Å². The molecule has 2 nitrogen and oxygen atoms in total. The highest BCUT2D eigenvalue weighted by Crippen LogP contribution is 2.26. The Hall–Kier alpha value is -0.980. The van der Waals surface area contributed by atoms with Crippen LogP contribution in [0.3, 0.4) is 0 Å². The molecule has 0 radical (unpaired) electrons. The first-order valence-electron chi connectivity index (χ1n) is 5.62. The largest absolute Gasteiger partial charge is 0.309 e. The molecule has 84 valence electrons. The van der Waals surface area contributed by atoms with Gasteiger partial charge in [0.05, 0.1) is 11.6 Å². The molecule has 0 spiro atoms. The quantitative estimate of drug-likeness (QED) is 0.870. The summed E-state index contributed by atoms with van der Waals surface area (Å²) in [6.07, 6.45) is 1.26. The minimum Gasteiger partial charge on any atom is -0.309 e. The Morgan fingerprint density at radius 2 is 2.19 bits per heavy atom. The summed E-state index contributed by atoms with van der Waals surface area (Å²) in [5, 5.41) is 13.0. The van der Waals surface area contributed by atoms with Crippen molar-refractivity contribution >= 4 is 11.8 Å². The predicted octanol–water partition coefficient (Wildman–Crippen LogP) is 2.54. The van der Waals surface area contributed by atoms with Crippen LogP contribution < -0.4 is 5.32 Å². The van der Waals surface area contributed by atoms with Crippen LogP contribution in [0.25, 0.3) is 0 Å². The second kappa shape index (κ2) is 5.38. The van der Waals surface area contributed by atoms with E-state index in [-0.39, 0.29) is 0 Å². The van der Waals surface area contributed by atoms with Crippen molar-refractivity contribution in [2.24, 2.45) is 0 Å². The fourth-order valence-corrected chi connectivity index (χ4v) is 3.10. The van der Waals surface area contributed by atoms with Crippen LogP contribution in [0.5, 0.6) is 0 Å². The van der Waals surface area contributed by atoms with E-state index in [1.165, 1.54) is 17.7 Å². The molecular formula is C13H16N2S. The van der Waals surface area contributed by atoms with Gasteiger partial charge in [0, 0.05) is 23.6 Å². The minimum absolute atomic E-state index is 0.649. The van der Waals surface area contributed by atoms with E-state index in [2.05, 4.69) is 18.3 Å². The zero-order valence-corrected chi connectivity index (χ0v) is 10.3. The monoisotopic (exact) mass is 232 g/mol. The number of hydrogen-bond donors (Lipinski definition) is 1. The summed E-state index contributed by atoms with van der Waals surface area (Å²) >= 11 is 2.04. The van der Waals surface area contributed by atoms with Crippen molar-refractivity contribution in [3.05, 3.63) is 35.4 Å². The standard InChI is InChI=1S/C13H16N2S/c1-10-6-13(9-16-10)15-8-12-4-2-11(7-14)3-5-12/h2-5,10,13,15H,6,8-9H2,1H3. The lowest BCUT2D eigenvalue weighted by molar-refractivity contribution is 0.538. The van der Waals surface area contributed by atoms with Gasteiger partial charge in [0.15, 0.2) is 0 Å². The second-order valence-electron chi connectivity index (χ2n) is 4.27. The molecule has 1 N–H and O–H groups in total. The van der Waals surface area contributed by atoms with Gasteiger partial charge in [0.2, 0.25) is 0 Å². The number of nitrogens with zero attached hydrogens (tertiary/aromatic N) is 1. The lowest BCUT2D eigenvalue weighted by atomic mass is 10.1. The third-order valence-corrected chi connectivity index (χ3v) is 4.23. The number of thioether (sulfide) groups is 1. The van der Waals surface area contributed by atoms with Crippen molar-refractivity contribution in [2.75, 3.05) is 5.75 Å². The van der Waals surface area contributed by atoms with E-state index < -0.39 is 0 Å². The Morgan fingerprint density at radius 1 is 1.44 bits per heavy atom. The van der Waals surface area contributed by atoms with Crippen molar-refractivity contribution < 1.29 is 0 Å². The molecule has 1 heterocycles. The van der Waals surface area contributed by atoms with E-state index in [0.717, 1.165) is 17.4 Å². The summed E-state index contributed by atoms with van der Waals surface area (Å²) in [5.41, 5.74) is 1.98. The first-order valence-corrected chi connectivity index (χ1v) is 6.67. The van der Waals surface area contributed by atoms with Gasteiger partial charge in [0.1, 0.15) is 0 Å². The molecule has 0 aliphatic carbocycles. The molecule has 1 fully saturated rings. The Kier molecular flexibility index (Phi) is 3.87. The van der Waals surface area contributed by atoms with Gasteiger partial charge in [-0.05, 0) is 24.1 Å². The van der Waals surface area contributed by atoms with E-state index in [1.54, 1.807) is 0 Å². The van der Waals surface area contributed by atoms with Crippen LogP contribution in [-0.2, 0) is 6.54 Å². The Labute approximate surface area is 101 Å². The van der Waals surface area contributed by atoms with E-state index in [1.807, 2.05) is 36.0 Å². The molecule has 1 saturated heterocycles. The molecule has 0 bridgehead atoms. The maximum atomic E-state index is 8.69. The summed E-state index contributed by atoms with van der Waals surface area (Å²) in [6, 6.07) is 10.6. The second-order valence-corrected chi connectivity index (χ2v) is 5.74. The summed E-state index contributed by atoms with van der Waals surface area (Å²) in [7, 11) is 0. The first kappa shape index (κ1) is 11.5. The van der Waals surface area contributed by atoms with Crippen LogP contribution in [0.4, 0.5) is 0 Å². The van der Waals surface area contributed by atoms with Crippen LogP contribution in [0.1, 0.15) is 24.5 Å². The summed E-state index contributed by atoms with van der Waals surface area (Å²) < 4.78 is 0. The van der Waals surface area contributed by atoms with Gasteiger partial charge in [0.25, 0.3) is 0 Å². The Morgan fingerprint density at radius 3 is 2.75 bits per heavy atom. The molecular weight excluding hydrogens is 216 g/mol. The van der Waals surface area contributed by atoms with Crippen LogP contribution >= 0.6 is 11.8 Å². The molecule has 2 atom stereocenters. The average Bonchev–Trinajstić information content (AvgIpc) is 2.73. The highest BCUT2D eigenvalue weighted by atomic mass is 32.2. The maximum absolute atomic E-state index is 8.69. The average molecular weight is 232 g/mol. The summed E-state index contributed by atoms with van der Waals surface area (Å²) in [4.78, 5) is 0. The molecule has 0 amide bonds. The van der Waals surface area contributed by atoms with Crippen molar-refractivity contribution in [1.29, 1.82) is 5.26 Å². The predicted molar refractivity (Wildman–Crippen MR) is 68.3 cm³/mol. The summed E-state index contributed by atoms with van der Waals surface area (Å²) in [6.45, 7) is 3.19. The minimum atomic E-state index is 0.649. The van der Waals surface area contributed by atoms with Crippen LogP contribution in [0.15, 0.2) is 24.3 Å². The number of nitriles is 1. The van der Waals surface area contributed by atoms with E-state index in [9.17, 15) is 0 Å². The van der Waals surface area contributed by atoms with E-state index in [0.29, 0.717) is 6.04 Å². The molecule has 2 unspecified atom stereocenters. The fraction of sp³-hybridized carbons (Fsp3) is 0.462. The zero-order chi connectivity index (χ0) is 11.4. The van der Waals surface area contributed by atoms with Crippen molar-refractivity contribution in [1.82, 2.24) is 5.32 Å². The SMILES string of the molecule is CC1CC(NCc2ccc(C#N)cc2)CS1. The molecule has 3 heteroatoms. The molecule has 2 rings (SSSR count). The van der Waals surface area contributed by atoms with E-state index in [4.69, 9.17) is 5.26 Å². The topological polar surface area (TPSA) is 35.8 Å². The lowest BCUT2D eigenvalue weighted by Crippen LogP contribution is -2.28. The van der Waals surface area contributed by atoms with Crippen LogP contribution in [0, 0.1) is 11.3 Å². The third kappa shape index (κ3) is 3.01. The van der Waals surface area contributed by atoms with Gasteiger partial charge in [-0.25, -0.2) is 0 Å². The smallest absolute Gasteiger partial charge is 0.0991 e. The molecule has 1 aromatic rings. The number of benzene rings is 1. The normalized spacial score (nSPS) is 24.2. The molecule has 1 aliphatic heterocycles. The number of rotatable bonds is 3. The number of nitrogens with one attached hydrogen (secondary N) is 1. The number of hydrogen-bond acceptors (Lipinski definition) is 3. The van der Waals surface area contributed by atoms with Crippen LogP contribution in [0.2, 0.25) is 0 Å². The first-order chi connectivity index (χ1) is 7.78.